The quantitative estimate of drug-likeness (QED) is 0.372. The molecule has 0 spiro atoms. The van der Waals surface area contributed by atoms with Crippen molar-refractivity contribution in [3.05, 3.63) is 82.0 Å². The fraction of sp³-hybridized carbons (Fsp3) is 0.227. The predicted octanol–water partition coefficient (Wildman–Crippen LogP) is 3.34. The molecule has 2 amide bonds. The minimum atomic E-state index is -0.675. The molecular formula is C22H21ClN6O3S. The van der Waals surface area contributed by atoms with Gasteiger partial charge >= 0.3 is 12.0 Å². The number of hydrogen-bond acceptors (Lipinski definition) is 7. The molecule has 2 aromatic carbocycles. The van der Waals surface area contributed by atoms with Crippen molar-refractivity contribution in [3.63, 3.8) is 0 Å². The average molecular weight is 485 g/mol. The fourth-order valence-corrected chi connectivity index (χ4v) is 4.35. The Hall–Kier alpha value is -3.37. The second kappa shape index (κ2) is 10.5. The number of benzene rings is 2. The lowest BCUT2D eigenvalue weighted by atomic mass is 9.95. The summed E-state index contributed by atoms with van der Waals surface area (Å²) < 4.78 is 6.96. The molecule has 0 saturated carbocycles. The highest BCUT2D eigenvalue weighted by molar-refractivity contribution is 7.99. The number of rotatable bonds is 8. The highest BCUT2D eigenvalue weighted by Crippen LogP contribution is 2.31. The van der Waals surface area contributed by atoms with Crippen LogP contribution in [0.3, 0.4) is 0 Å². The van der Waals surface area contributed by atoms with E-state index in [4.69, 9.17) is 16.3 Å². The van der Waals surface area contributed by atoms with Crippen molar-refractivity contribution in [2.24, 2.45) is 0 Å². The first-order chi connectivity index (χ1) is 16.0. The van der Waals surface area contributed by atoms with Gasteiger partial charge in [0.05, 0.1) is 24.8 Å². The van der Waals surface area contributed by atoms with Crippen molar-refractivity contribution in [3.8, 4) is 0 Å². The second-order valence-corrected chi connectivity index (χ2v) is 8.47. The van der Waals surface area contributed by atoms with Gasteiger partial charge in [-0.05, 0) is 40.6 Å². The van der Waals surface area contributed by atoms with Gasteiger partial charge in [-0.15, -0.1) is 5.10 Å². The number of amides is 2. The summed E-state index contributed by atoms with van der Waals surface area (Å²) in [6.07, 6.45) is 0. The monoisotopic (exact) mass is 484 g/mol. The minimum Gasteiger partial charge on any atom is -0.463 e. The molecule has 2 heterocycles. The predicted molar refractivity (Wildman–Crippen MR) is 124 cm³/mol. The first-order valence-corrected chi connectivity index (χ1v) is 11.6. The Morgan fingerprint density at radius 1 is 1.18 bits per heavy atom. The number of nitrogens with zero attached hydrogens (tertiary/aromatic N) is 4. The summed E-state index contributed by atoms with van der Waals surface area (Å²) in [6, 6.07) is 15.7. The highest BCUT2D eigenvalue weighted by Gasteiger charge is 2.33. The third-order valence-electron chi connectivity index (χ3n) is 4.87. The van der Waals surface area contributed by atoms with Crippen molar-refractivity contribution in [1.29, 1.82) is 0 Å². The molecule has 0 bridgehead atoms. The number of ether oxygens (including phenoxy) is 1. The molecule has 9 nitrogen and oxygen atoms in total. The molecule has 3 aromatic rings. The topological polar surface area (TPSA) is 111 Å². The molecule has 0 radical (unpaired) electrons. The molecule has 33 heavy (non-hydrogen) atoms. The van der Waals surface area contributed by atoms with E-state index in [9.17, 15) is 9.59 Å². The van der Waals surface area contributed by atoms with Crippen LogP contribution >= 0.6 is 23.4 Å². The van der Waals surface area contributed by atoms with Crippen LogP contribution < -0.4 is 10.6 Å². The van der Waals surface area contributed by atoms with Crippen LogP contribution in [0.5, 0.6) is 0 Å². The Bertz CT molecular complexity index is 1170. The van der Waals surface area contributed by atoms with Gasteiger partial charge in [-0.2, -0.15) is 0 Å². The van der Waals surface area contributed by atoms with Crippen LogP contribution in [0.1, 0.15) is 24.1 Å². The zero-order valence-corrected chi connectivity index (χ0v) is 19.3. The molecule has 0 saturated heterocycles. The lowest BCUT2D eigenvalue weighted by molar-refractivity contribution is -0.139. The number of esters is 1. The normalized spacial score (nSPS) is 15.7. The van der Waals surface area contributed by atoms with Crippen LogP contribution in [0, 0.1) is 0 Å². The van der Waals surface area contributed by atoms with E-state index in [0.29, 0.717) is 33.6 Å². The third kappa shape index (κ3) is 5.52. The number of thioether (sulfide) groups is 1. The summed E-state index contributed by atoms with van der Waals surface area (Å²) in [6.45, 7) is 2.44. The van der Waals surface area contributed by atoms with Crippen molar-refractivity contribution in [2.45, 2.75) is 24.7 Å². The number of urea groups is 1. The zero-order chi connectivity index (χ0) is 23.2. The third-order valence-corrected chi connectivity index (χ3v) is 6.11. The summed E-state index contributed by atoms with van der Waals surface area (Å²) in [4.78, 5) is 25.3. The van der Waals surface area contributed by atoms with Gasteiger partial charge in [-0.3, -0.25) is 0 Å². The molecule has 1 aliphatic heterocycles. The SMILES string of the molecule is CCOC(=O)C1=C(CSc2nnnn2Cc2ccccc2)NC(=O)NC1c1ccc(Cl)cc1. The maximum Gasteiger partial charge on any atom is 0.338 e. The van der Waals surface area contributed by atoms with Gasteiger partial charge in [0.1, 0.15) is 0 Å². The molecule has 1 unspecified atom stereocenters. The summed E-state index contributed by atoms with van der Waals surface area (Å²) in [5.74, 6) is -0.245. The van der Waals surface area contributed by atoms with Gasteiger partial charge in [-0.1, -0.05) is 65.8 Å². The van der Waals surface area contributed by atoms with E-state index in [-0.39, 0.29) is 12.4 Å². The summed E-state index contributed by atoms with van der Waals surface area (Å²) in [5, 5.41) is 18.6. The van der Waals surface area contributed by atoms with E-state index < -0.39 is 18.0 Å². The lowest BCUT2D eigenvalue weighted by Crippen LogP contribution is -2.46. The number of aromatic nitrogens is 4. The largest absolute Gasteiger partial charge is 0.463 e. The Balaban J connectivity index is 1.61. The molecule has 1 atom stereocenters. The first kappa shape index (κ1) is 22.8. The second-order valence-electron chi connectivity index (χ2n) is 7.09. The van der Waals surface area contributed by atoms with E-state index in [1.54, 1.807) is 35.9 Å². The van der Waals surface area contributed by atoms with Crippen LogP contribution in [0.25, 0.3) is 0 Å². The number of carbonyl (C=O) groups is 2. The maximum absolute atomic E-state index is 12.9. The average Bonchev–Trinajstić information content (AvgIpc) is 3.25. The molecule has 1 aliphatic rings. The van der Waals surface area contributed by atoms with Crippen LogP contribution in [-0.4, -0.2) is 44.6 Å². The maximum atomic E-state index is 12.9. The van der Waals surface area contributed by atoms with Crippen LogP contribution in [0.15, 0.2) is 71.0 Å². The summed E-state index contributed by atoms with van der Waals surface area (Å²) in [5.41, 5.74) is 2.54. The summed E-state index contributed by atoms with van der Waals surface area (Å²) in [7, 11) is 0. The molecule has 0 aliphatic carbocycles. The van der Waals surface area contributed by atoms with E-state index >= 15 is 0 Å². The van der Waals surface area contributed by atoms with E-state index in [2.05, 4.69) is 26.2 Å². The molecule has 2 N–H and O–H groups in total. The highest BCUT2D eigenvalue weighted by atomic mass is 35.5. The van der Waals surface area contributed by atoms with Crippen molar-refractivity contribution in [1.82, 2.24) is 30.8 Å². The van der Waals surface area contributed by atoms with E-state index in [1.807, 2.05) is 30.3 Å². The van der Waals surface area contributed by atoms with E-state index in [0.717, 1.165) is 5.56 Å². The fourth-order valence-electron chi connectivity index (χ4n) is 3.38. The number of halogens is 1. The van der Waals surface area contributed by atoms with Gasteiger partial charge in [-0.25, -0.2) is 14.3 Å². The molecule has 170 valence electrons. The van der Waals surface area contributed by atoms with Gasteiger partial charge in [0.25, 0.3) is 0 Å². The van der Waals surface area contributed by atoms with Gasteiger partial charge in [0.15, 0.2) is 0 Å². The van der Waals surface area contributed by atoms with Gasteiger partial charge < -0.3 is 15.4 Å². The zero-order valence-electron chi connectivity index (χ0n) is 17.7. The van der Waals surface area contributed by atoms with Crippen LogP contribution in [0.4, 0.5) is 4.79 Å². The molecule has 4 rings (SSSR count). The number of tetrazole rings is 1. The molecule has 0 fully saturated rings. The Labute approximate surface area is 199 Å². The van der Waals surface area contributed by atoms with Crippen molar-refractivity contribution < 1.29 is 14.3 Å². The van der Waals surface area contributed by atoms with Crippen molar-refractivity contribution >= 4 is 35.4 Å². The van der Waals surface area contributed by atoms with Gasteiger partial charge in [0, 0.05) is 16.5 Å². The number of nitrogens with one attached hydrogen (secondary N) is 2. The number of carbonyl (C=O) groups excluding carboxylic acids is 2. The molecule has 1 aromatic heterocycles. The number of hydrogen-bond donors (Lipinski definition) is 2. The molecular weight excluding hydrogens is 464 g/mol. The smallest absolute Gasteiger partial charge is 0.338 e. The Morgan fingerprint density at radius 3 is 2.67 bits per heavy atom. The van der Waals surface area contributed by atoms with Gasteiger partial charge in [0.2, 0.25) is 5.16 Å². The van der Waals surface area contributed by atoms with Crippen molar-refractivity contribution in [2.75, 3.05) is 12.4 Å². The van der Waals surface area contributed by atoms with Crippen LogP contribution in [-0.2, 0) is 16.1 Å². The molecule has 11 heteroatoms. The Morgan fingerprint density at radius 2 is 1.94 bits per heavy atom. The standard InChI is InChI=1S/C22H21ClN6O3S/c1-2-32-20(30)18-17(24-21(31)25-19(18)15-8-10-16(23)11-9-15)13-33-22-26-27-28-29(22)12-14-6-4-3-5-7-14/h3-11,19H,2,12-13H2,1H3,(H2,24,25,31). The first-order valence-electron chi connectivity index (χ1n) is 10.2. The van der Waals surface area contributed by atoms with Crippen LogP contribution in [0.2, 0.25) is 5.02 Å². The summed E-state index contributed by atoms with van der Waals surface area (Å²) >= 11 is 7.33. The van der Waals surface area contributed by atoms with E-state index in [1.165, 1.54) is 11.8 Å². The lowest BCUT2D eigenvalue weighted by Gasteiger charge is -2.29. The Kier molecular flexibility index (Phi) is 7.26. The minimum absolute atomic E-state index is 0.208.